The topological polar surface area (TPSA) is 61.8 Å². The second-order valence-electron chi connectivity index (χ2n) is 6.80. The fourth-order valence-corrected chi connectivity index (χ4v) is 4.28. The molecule has 3 aliphatic rings. The van der Waals surface area contributed by atoms with Crippen LogP contribution in [0.15, 0.2) is 0 Å². The Morgan fingerprint density at radius 2 is 2.19 bits per heavy atom. The zero-order valence-corrected chi connectivity index (χ0v) is 13.0. The first-order valence-corrected chi connectivity index (χ1v) is 8.46. The van der Waals surface area contributed by atoms with Crippen molar-refractivity contribution in [1.82, 2.24) is 10.2 Å². The highest BCUT2D eigenvalue weighted by Gasteiger charge is 2.56. The number of nitrogens with zero attached hydrogens (tertiary/aromatic N) is 1. The highest BCUT2D eigenvalue weighted by atomic mass is 16.5. The molecule has 0 bridgehead atoms. The van der Waals surface area contributed by atoms with Crippen LogP contribution in [0.2, 0.25) is 0 Å². The normalized spacial score (nSPS) is 35.5. The highest BCUT2D eigenvalue weighted by Crippen LogP contribution is 2.51. The Kier molecular flexibility index (Phi) is 4.52. The summed E-state index contributed by atoms with van der Waals surface area (Å²) in [5.74, 6) is 0.459. The summed E-state index contributed by atoms with van der Waals surface area (Å²) in [6.07, 6.45) is 4.56. The number of hydrogen-bond donors (Lipinski definition) is 2. The maximum atomic E-state index is 12.6. The Hall–Kier alpha value is -0.650. The lowest BCUT2D eigenvalue weighted by Gasteiger charge is -2.56. The van der Waals surface area contributed by atoms with E-state index in [4.69, 9.17) is 4.74 Å². The van der Waals surface area contributed by atoms with Gasteiger partial charge in [0.2, 0.25) is 5.91 Å². The van der Waals surface area contributed by atoms with Crippen LogP contribution in [0.25, 0.3) is 0 Å². The third-order valence-corrected chi connectivity index (χ3v) is 5.76. The van der Waals surface area contributed by atoms with Gasteiger partial charge in [-0.2, -0.15) is 0 Å². The van der Waals surface area contributed by atoms with Gasteiger partial charge in [-0.1, -0.05) is 0 Å². The van der Waals surface area contributed by atoms with Gasteiger partial charge in [-0.05, 0) is 39.2 Å². The van der Waals surface area contributed by atoms with Crippen molar-refractivity contribution in [2.45, 2.75) is 51.2 Å². The average Bonchev–Trinajstić information content (AvgIpc) is 2.55. The fraction of sp³-hybridized carbons (Fsp3) is 0.938. The molecule has 2 saturated heterocycles. The number of nitrogens with one attached hydrogen (secondary N) is 1. The number of aliphatic hydroxyl groups excluding tert-OH is 1. The van der Waals surface area contributed by atoms with Gasteiger partial charge in [-0.25, -0.2) is 0 Å². The maximum absolute atomic E-state index is 12.6. The minimum atomic E-state index is -0.248. The second kappa shape index (κ2) is 6.23. The number of carbonyl (C=O) groups excluding carboxylic acids is 1. The Morgan fingerprint density at radius 3 is 2.76 bits per heavy atom. The van der Waals surface area contributed by atoms with Gasteiger partial charge in [0.05, 0.1) is 18.1 Å². The van der Waals surface area contributed by atoms with Crippen molar-refractivity contribution in [2.24, 2.45) is 11.3 Å². The van der Waals surface area contributed by atoms with Gasteiger partial charge in [0.25, 0.3) is 0 Å². The average molecular weight is 296 g/mol. The third-order valence-electron chi connectivity index (χ3n) is 5.76. The van der Waals surface area contributed by atoms with Crippen LogP contribution in [0.3, 0.4) is 0 Å². The van der Waals surface area contributed by atoms with Gasteiger partial charge >= 0.3 is 0 Å². The Balaban J connectivity index is 1.56. The lowest BCUT2D eigenvalue weighted by Crippen LogP contribution is -2.63. The molecule has 0 aromatic carbocycles. The molecule has 3 fully saturated rings. The molecular weight excluding hydrogens is 268 g/mol. The van der Waals surface area contributed by atoms with Crippen LogP contribution >= 0.6 is 0 Å². The molecule has 1 amide bonds. The van der Waals surface area contributed by atoms with Crippen molar-refractivity contribution in [1.29, 1.82) is 0 Å². The molecule has 120 valence electrons. The van der Waals surface area contributed by atoms with E-state index < -0.39 is 0 Å². The summed E-state index contributed by atoms with van der Waals surface area (Å²) in [5.41, 5.74) is -0.0857. The zero-order chi connectivity index (χ0) is 14.9. The predicted molar refractivity (Wildman–Crippen MR) is 79.9 cm³/mol. The molecule has 0 radical (unpaired) electrons. The smallest absolute Gasteiger partial charge is 0.226 e. The summed E-state index contributed by atoms with van der Waals surface area (Å²) in [4.78, 5) is 14.6. The minimum absolute atomic E-state index is 0.0857. The molecule has 5 heteroatoms. The summed E-state index contributed by atoms with van der Waals surface area (Å²) in [6, 6.07) is 0. The Morgan fingerprint density at radius 1 is 1.43 bits per heavy atom. The molecule has 1 saturated carbocycles. The van der Waals surface area contributed by atoms with Crippen molar-refractivity contribution in [3.05, 3.63) is 0 Å². The van der Waals surface area contributed by atoms with Gasteiger partial charge in [0.1, 0.15) is 0 Å². The largest absolute Gasteiger partial charge is 0.392 e. The van der Waals surface area contributed by atoms with Crippen LogP contribution < -0.4 is 5.32 Å². The van der Waals surface area contributed by atoms with Crippen LogP contribution in [-0.2, 0) is 9.53 Å². The number of likely N-dealkylation sites (tertiary alicyclic amines) is 1. The molecule has 0 unspecified atom stereocenters. The number of aliphatic hydroxyl groups is 1. The van der Waals surface area contributed by atoms with Gasteiger partial charge in [0.15, 0.2) is 0 Å². The Labute approximate surface area is 127 Å². The molecule has 1 spiro atoms. The molecule has 3 atom stereocenters. The molecule has 3 rings (SSSR count). The third kappa shape index (κ3) is 2.71. The van der Waals surface area contributed by atoms with Crippen molar-refractivity contribution in [3.8, 4) is 0 Å². The summed E-state index contributed by atoms with van der Waals surface area (Å²) in [5, 5.41) is 13.5. The lowest BCUT2D eigenvalue weighted by molar-refractivity contribution is -0.210. The first kappa shape index (κ1) is 15.3. The van der Waals surface area contributed by atoms with E-state index in [0.717, 1.165) is 58.3 Å². The Bertz CT molecular complexity index is 372. The van der Waals surface area contributed by atoms with Crippen molar-refractivity contribution < 1.29 is 14.6 Å². The molecule has 21 heavy (non-hydrogen) atoms. The number of carbonyl (C=O) groups is 1. The number of piperidine rings is 2. The van der Waals surface area contributed by atoms with E-state index in [-0.39, 0.29) is 23.5 Å². The van der Waals surface area contributed by atoms with Crippen LogP contribution in [-0.4, -0.2) is 60.9 Å². The molecule has 1 aliphatic carbocycles. The molecular formula is C16H28N2O3. The minimum Gasteiger partial charge on any atom is -0.392 e. The second-order valence-corrected chi connectivity index (χ2v) is 6.80. The SMILES string of the molecule is CCO[C@@H]1C[C@@H](O)C12CCN(C(=O)[C@@H]1CCCNC1)CC2. The van der Waals surface area contributed by atoms with E-state index >= 15 is 0 Å². The number of hydrogen-bond acceptors (Lipinski definition) is 4. The van der Waals surface area contributed by atoms with Crippen molar-refractivity contribution in [3.63, 3.8) is 0 Å². The van der Waals surface area contributed by atoms with E-state index in [1.54, 1.807) is 0 Å². The molecule has 0 aromatic heterocycles. The van der Waals surface area contributed by atoms with E-state index in [0.29, 0.717) is 12.5 Å². The van der Waals surface area contributed by atoms with Crippen LogP contribution in [0.5, 0.6) is 0 Å². The molecule has 5 nitrogen and oxygen atoms in total. The van der Waals surface area contributed by atoms with E-state index in [1.165, 1.54) is 0 Å². The molecule has 2 heterocycles. The lowest BCUT2D eigenvalue weighted by atomic mass is 9.58. The maximum Gasteiger partial charge on any atom is 0.226 e. The number of rotatable bonds is 3. The molecule has 0 aromatic rings. The van der Waals surface area contributed by atoms with Gasteiger partial charge in [0, 0.05) is 38.1 Å². The first-order valence-electron chi connectivity index (χ1n) is 8.46. The zero-order valence-electron chi connectivity index (χ0n) is 13.0. The number of ether oxygens (including phenoxy) is 1. The molecule has 2 aliphatic heterocycles. The highest BCUT2D eigenvalue weighted by molar-refractivity contribution is 5.79. The van der Waals surface area contributed by atoms with Crippen LogP contribution in [0.1, 0.15) is 39.0 Å². The van der Waals surface area contributed by atoms with Crippen LogP contribution in [0.4, 0.5) is 0 Å². The summed E-state index contributed by atoms with van der Waals surface area (Å²) < 4.78 is 5.78. The number of amides is 1. The van der Waals surface area contributed by atoms with Gasteiger partial charge < -0.3 is 20.1 Å². The van der Waals surface area contributed by atoms with Crippen LogP contribution in [0, 0.1) is 11.3 Å². The van der Waals surface area contributed by atoms with Gasteiger partial charge in [-0.15, -0.1) is 0 Å². The first-order chi connectivity index (χ1) is 10.2. The van der Waals surface area contributed by atoms with E-state index in [2.05, 4.69) is 5.32 Å². The summed E-state index contributed by atoms with van der Waals surface area (Å²) in [7, 11) is 0. The van der Waals surface area contributed by atoms with Gasteiger partial charge in [-0.3, -0.25) is 4.79 Å². The molecule has 2 N–H and O–H groups in total. The monoisotopic (exact) mass is 296 g/mol. The van der Waals surface area contributed by atoms with E-state index in [1.807, 2.05) is 11.8 Å². The van der Waals surface area contributed by atoms with Crippen molar-refractivity contribution in [2.75, 3.05) is 32.8 Å². The summed E-state index contributed by atoms with van der Waals surface area (Å²) >= 11 is 0. The van der Waals surface area contributed by atoms with E-state index in [9.17, 15) is 9.90 Å². The fourth-order valence-electron chi connectivity index (χ4n) is 4.28. The standard InChI is InChI=1S/C16H28N2O3/c1-2-21-14-10-13(19)16(14)5-8-18(9-6-16)15(20)12-4-3-7-17-11-12/h12-14,17,19H,2-11H2,1H3/t12-,13-,14-/m1/s1. The predicted octanol–water partition coefficient (Wildman–Crippen LogP) is 0.764. The quantitative estimate of drug-likeness (QED) is 0.807. The van der Waals surface area contributed by atoms with Crippen molar-refractivity contribution >= 4 is 5.91 Å². The summed E-state index contributed by atoms with van der Waals surface area (Å²) in [6.45, 7) is 6.12.